The monoisotopic (exact) mass is 934 g/mol. The molecule has 0 saturated heterocycles. The van der Waals surface area contributed by atoms with Crippen LogP contribution in [0.4, 0.5) is 0 Å². The van der Waals surface area contributed by atoms with E-state index in [1.807, 2.05) is 0 Å². The maximum Gasteiger partial charge on any atom is 0.343 e. The normalized spacial score (nSPS) is 12.8. The van der Waals surface area contributed by atoms with Crippen molar-refractivity contribution in [3.05, 3.63) is 168 Å². The van der Waals surface area contributed by atoms with Crippen LogP contribution in [0.2, 0.25) is 0 Å². The molecule has 0 spiro atoms. The summed E-state index contributed by atoms with van der Waals surface area (Å²) in [6.07, 6.45) is 4.84. The van der Waals surface area contributed by atoms with E-state index < -0.39 is 60.1 Å². The first-order valence-corrected chi connectivity index (χ1v) is 24.4. The molecule has 0 unspecified atom stereocenters. The van der Waals surface area contributed by atoms with Crippen molar-refractivity contribution in [2.45, 2.75) is 19.6 Å². The van der Waals surface area contributed by atoms with Crippen LogP contribution in [0.5, 0.6) is 23.0 Å². The van der Waals surface area contributed by atoms with E-state index in [0.717, 1.165) is 0 Å². The zero-order chi connectivity index (χ0) is 44.7. The number of nitrogens with zero attached hydrogens (tertiary/aromatic N) is 2. The maximum absolute atomic E-state index is 14.4. The predicted molar refractivity (Wildman–Crippen MR) is 236 cm³/mol. The van der Waals surface area contributed by atoms with E-state index in [9.17, 15) is 33.7 Å². The lowest BCUT2D eigenvalue weighted by atomic mass is 10.3. The lowest BCUT2D eigenvalue weighted by Gasteiger charge is -2.10. The maximum atomic E-state index is 14.4. The average Bonchev–Trinajstić information content (AvgIpc) is 4.09. The van der Waals surface area contributed by atoms with Gasteiger partial charge in [-0.1, -0.05) is 72.8 Å². The van der Waals surface area contributed by atoms with Gasteiger partial charge in [0.05, 0.1) is 44.8 Å². The number of nitrogens with one attached hydrogen (secondary N) is 2. The highest BCUT2D eigenvalue weighted by molar-refractivity contribution is 7.88. The fourth-order valence-electron chi connectivity index (χ4n) is 6.73. The number of hydrogen-bond donors (Lipinski definition) is 2. The Hall–Kier alpha value is -7.52. The minimum absolute atomic E-state index is 0.0711. The third kappa shape index (κ3) is 8.37. The summed E-state index contributed by atoms with van der Waals surface area (Å²) < 4.78 is 137. The number of aromatic amines is 2. The fraction of sp³-hybridized carbons (Fsp3) is 0. The molecule has 20 heteroatoms. The molecule has 7 aromatic rings. The van der Waals surface area contributed by atoms with Crippen molar-refractivity contribution in [3.8, 4) is 23.0 Å². The summed E-state index contributed by atoms with van der Waals surface area (Å²) in [5, 5.41) is 0. The van der Waals surface area contributed by atoms with E-state index in [0.29, 0.717) is 0 Å². The average molecular weight is 935 g/mol. The Morgan fingerprint density at radius 2 is 0.531 bits per heavy atom. The Morgan fingerprint density at radius 1 is 0.297 bits per heavy atom. The fourth-order valence-corrected chi connectivity index (χ4v) is 11.6. The zero-order valence-electron chi connectivity index (χ0n) is 32.6. The number of aromatic nitrogens is 4. The van der Waals surface area contributed by atoms with Crippen LogP contribution in [0.1, 0.15) is 22.8 Å². The molecular formula is C44H30N4O12S4. The standard InChI is InChI=1S/C44H30N4O12S4/c49-61(50,57-29-13-5-1-6-14-29)41-33-21-23-35(45-33)42(62(51,52)58-30-15-7-2-8-16-30)37-25-27-39(47-37)44(64(55,56)60-32-19-11-4-12-20-32)40-28-26-38(48-40)43(36-24-22-34(41)46-36)63(53,54)59-31-17-9-3-10-18-31/h1-28,45-46H. The van der Waals surface area contributed by atoms with Crippen molar-refractivity contribution in [3.63, 3.8) is 0 Å². The Labute approximate surface area is 366 Å². The highest BCUT2D eigenvalue weighted by Crippen LogP contribution is 2.35. The van der Waals surface area contributed by atoms with Gasteiger partial charge in [0.25, 0.3) is 0 Å². The third-order valence-corrected chi connectivity index (χ3v) is 14.7. The molecule has 0 aliphatic carbocycles. The first kappa shape index (κ1) is 41.8. The minimum Gasteiger partial charge on any atom is -0.379 e. The summed E-state index contributed by atoms with van der Waals surface area (Å²) in [4.78, 5) is 12.2. The minimum atomic E-state index is -4.92. The van der Waals surface area contributed by atoms with Gasteiger partial charge in [-0.3, -0.25) is 0 Å². The number of fused-ring (bicyclic) bond motifs is 8. The van der Waals surface area contributed by atoms with E-state index in [4.69, 9.17) is 16.7 Å². The van der Waals surface area contributed by atoms with Gasteiger partial charge in [-0.05, 0) is 97.1 Å². The molecule has 0 fully saturated rings. The number of rotatable bonds is 12. The molecule has 64 heavy (non-hydrogen) atoms. The van der Waals surface area contributed by atoms with Crippen molar-refractivity contribution in [2.24, 2.45) is 0 Å². The van der Waals surface area contributed by atoms with Gasteiger partial charge in [0.15, 0.2) is 19.6 Å². The molecule has 2 N–H and O–H groups in total. The van der Waals surface area contributed by atoms with Gasteiger partial charge >= 0.3 is 40.5 Å². The van der Waals surface area contributed by atoms with Gasteiger partial charge in [0, 0.05) is 0 Å². The molecule has 2 aliphatic heterocycles. The van der Waals surface area contributed by atoms with Gasteiger partial charge in [-0.15, -0.1) is 0 Å². The van der Waals surface area contributed by atoms with Crippen LogP contribution in [0, 0.1) is 0 Å². The Kier molecular flexibility index (Phi) is 10.7. The van der Waals surface area contributed by atoms with Crippen LogP contribution in [-0.2, 0) is 40.5 Å². The van der Waals surface area contributed by atoms with E-state index in [-0.39, 0.29) is 67.8 Å². The summed E-state index contributed by atoms with van der Waals surface area (Å²) in [6, 6.07) is 35.2. The largest absolute Gasteiger partial charge is 0.379 e. The molecule has 4 aromatic carbocycles. The van der Waals surface area contributed by atoms with Crippen molar-refractivity contribution < 1.29 is 50.4 Å². The molecule has 0 atom stereocenters. The van der Waals surface area contributed by atoms with Gasteiger partial charge in [0.2, 0.25) is 0 Å². The summed E-state index contributed by atoms with van der Waals surface area (Å²) in [6.45, 7) is 0. The number of benzene rings is 4. The molecule has 2 aliphatic rings. The van der Waals surface area contributed by atoms with E-state index >= 15 is 0 Å². The lowest BCUT2D eigenvalue weighted by Crippen LogP contribution is -2.14. The number of H-pyrrole nitrogens is 2. The third-order valence-electron chi connectivity index (χ3n) is 9.36. The Bertz CT molecular complexity index is 3490. The van der Waals surface area contributed by atoms with Crippen LogP contribution in [-0.4, -0.2) is 53.6 Å². The summed E-state index contributed by atoms with van der Waals surface area (Å²) in [7, 11) is -19.6. The van der Waals surface area contributed by atoms with Gasteiger partial charge in [-0.2, -0.15) is 33.7 Å². The second-order valence-electron chi connectivity index (χ2n) is 13.7. The molecule has 0 amide bonds. The van der Waals surface area contributed by atoms with Crippen LogP contribution in [0.25, 0.3) is 46.4 Å². The SMILES string of the molecule is O=S(=O)(Oc1ccccc1)c1c2nc(c(S(=O)(=O)Oc3ccccc3)c3ccc([nH]3)c(S(=O)(=O)Oc3ccccc3)c3ccc([nH]3)c(S(=O)(=O)Oc3ccccc3)c3nc1C=C3)C=C2. The van der Waals surface area contributed by atoms with Gasteiger partial charge < -0.3 is 26.7 Å². The van der Waals surface area contributed by atoms with E-state index in [2.05, 4.69) is 19.9 Å². The molecule has 9 rings (SSSR count). The van der Waals surface area contributed by atoms with Crippen molar-refractivity contribution in [1.82, 2.24) is 19.9 Å². The molecule has 16 nitrogen and oxygen atoms in total. The molecule has 0 radical (unpaired) electrons. The molecule has 5 heterocycles. The van der Waals surface area contributed by atoms with Crippen molar-refractivity contribution in [2.75, 3.05) is 0 Å². The Morgan fingerprint density at radius 3 is 0.828 bits per heavy atom. The summed E-state index contributed by atoms with van der Waals surface area (Å²) in [5.74, 6) is -0.320. The molecule has 8 bridgehead atoms. The number of hydrogen-bond acceptors (Lipinski definition) is 14. The van der Waals surface area contributed by atoms with Crippen molar-refractivity contribution in [1.29, 1.82) is 0 Å². The summed E-state index contributed by atoms with van der Waals surface area (Å²) >= 11 is 0. The predicted octanol–water partition coefficient (Wildman–Crippen LogP) is 7.73. The van der Waals surface area contributed by atoms with Crippen LogP contribution < -0.4 is 16.7 Å². The molecular weight excluding hydrogens is 905 g/mol. The van der Waals surface area contributed by atoms with Crippen molar-refractivity contribution >= 4 is 86.8 Å². The van der Waals surface area contributed by atoms with Crippen LogP contribution >= 0.6 is 0 Å². The van der Waals surface area contributed by atoms with E-state index in [1.165, 1.54) is 97.1 Å². The van der Waals surface area contributed by atoms with Gasteiger partial charge in [-0.25, -0.2) is 9.97 Å². The first-order chi connectivity index (χ1) is 30.7. The second-order valence-corrected chi connectivity index (χ2v) is 19.7. The second kappa shape index (κ2) is 16.3. The van der Waals surface area contributed by atoms with Crippen LogP contribution in [0.15, 0.2) is 165 Å². The van der Waals surface area contributed by atoms with Gasteiger partial charge in [0.1, 0.15) is 23.0 Å². The Balaban J connectivity index is 1.42. The highest BCUT2D eigenvalue weighted by Gasteiger charge is 2.33. The zero-order valence-corrected chi connectivity index (χ0v) is 35.9. The van der Waals surface area contributed by atoms with Crippen LogP contribution in [0.3, 0.4) is 0 Å². The van der Waals surface area contributed by atoms with E-state index in [1.54, 1.807) is 72.8 Å². The smallest absolute Gasteiger partial charge is 0.343 e. The number of para-hydroxylation sites is 4. The highest BCUT2D eigenvalue weighted by atomic mass is 32.2. The molecule has 322 valence electrons. The quantitative estimate of drug-likeness (QED) is 0.112. The molecule has 0 saturated carbocycles. The first-order valence-electron chi connectivity index (χ1n) is 18.8. The topological polar surface area (TPSA) is 231 Å². The molecule has 3 aromatic heterocycles. The lowest BCUT2D eigenvalue weighted by molar-refractivity contribution is 0.484. The summed E-state index contributed by atoms with van der Waals surface area (Å²) in [5.41, 5.74) is -2.35.